The molecule has 0 saturated carbocycles. The van der Waals surface area contributed by atoms with E-state index in [-0.39, 0.29) is 5.76 Å². The third-order valence-corrected chi connectivity index (χ3v) is 1.55. The van der Waals surface area contributed by atoms with E-state index in [2.05, 4.69) is 10.8 Å². The molecular formula is C9H10O3. The van der Waals surface area contributed by atoms with Crippen molar-refractivity contribution in [3.8, 4) is 0 Å². The lowest BCUT2D eigenvalue weighted by Gasteiger charge is -1.99. The van der Waals surface area contributed by atoms with Crippen LogP contribution in [0.1, 0.15) is 26.2 Å². The number of esters is 1. The van der Waals surface area contributed by atoms with Gasteiger partial charge in [-0.05, 0) is 12.8 Å². The van der Waals surface area contributed by atoms with E-state index in [1.165, 1.54) is 12.5 Å². The Balaban J connectivity index is 2.29. The van der Waals surface area contributed by atoms with E-state index in [1.807, 2.05) is 0 Å². The van der Waals surface area contributed by atoms with Crippen molar-refractivity contribution in [2.24, 2.45) is 0 Å². The SMILES string of the molecule is CC(=O)OC(=C=O)CCC1=CC1. The molecule has 64 valence electrons. The quantitative estimate of drug-likeness (QED) is 0.274. The molecule has 0 aromatic rings. The van der Waals surface area contributed by atoms with Crippen molar-refractivity contribution in [3.05, 3.63) is 17.4 Å². The fourth-order valence-electron chi connectivity index (χ4n) is 0.847. The highest BCUT2D eigenvalue weighted by molar-refractivity contribution is 5.69. The molecule has 1 rings (SSSR count). The normalized spacial score (nSPS) is 12.9. The summed E-state index contributed by atoms with van der Waals surface area (Å²) in [6.45, 7) is 1.27. The molecule has 3 heteroatoms. The average molecular weight is 166 g/mol. The second-order valence-corrected chi connectivity index (χ2v) is 2.69. The van der Waals surface area contributed by atoms with E-state index in [0.717, 1.165) is 12.8 Å². The molecule has 0 atom stereocenters. The number of ether oxygens (including phenoxy) is 1. The van der Waals surface area contributed by atoms with Gasteiger partial charge in [0, 0.05) is 13.3 Å². The Hall–Kier alpha value is -1.34. The summed E-state index contributed by atoms with van der Waals surface area (Å²) in [4.78, 5) is 20.7. The maximum absolute atomic E-state index is 10.4. The van der Waals surface area contributed by atoms with Gasteiger partial charge in [0.05, 0.1) is 0 Å². The highest BCUT2D eigenvalue weighted by Gasteiger charge is 2.10. The first-order valence-corrected chi connectivity index (χ1v) is 3.82. The van der Waals surface area contributed by atoms with Gasteiger partial charge in [-0.25, -0.2) is 4.79 Å². The Morgan fingerprint density at radius 2 is 2.42 bits per heavy atom. The topological polar surface area (TPSA) is 43.4 Å². The standard InChI is InChI=1S/C9H10O3/c1-7(11)12-9(6-10)5-4-8-2-3-8/h2H,3-5H2,1H3. The average Bonchev–Trinajstić information content (AvgIpc) is 2.80. The zero-order chi connectivity index (χ0) is 8.97. The van der Waals surface area contributed by atoms with Crippen molar-refractivity contribution in [3.63, 3.8) is 0 Å². The first-order chi connectivity index (χ1) is 5.72. The van der Waals surface area contributed by atoms with Gasteiger partial charge in [-0.1, -0.05) is 11.6 Å². The number of carbonyl (C=O) groups excluding carboxylic acids is 2. The van der Waals surface area contributed by atoms with Gasteiger partial charge in [0.25, 0.3) is 0 Å². The third-order valence-electron chi connectivity index (χ3n) is 1.55. The first kappa shape index (κ1) is 8.75. The van der Waals surface area contributed by atoms with Crippen molar-refractivity contribution < 1.29 is 14.3 Å². The van der Waals surface area contributed by atoms with E-state index in [4.69, 9.17) is 0 Å². The summed E-state index contributed by atoms with van der Waals surface area (Å²) in [5, 5.41) is 0. The van der Waals surface area contributed by atoms with E-state index in [0.29, 0.717) is 6.42 Å². The van der Waals surface area contributed by atoms with Crippen LogP contribution in [0.4, 0.5) is 0 Å². The molecular weight excluding hydrogens is 156 g/mol. The van der Waals surface area contributed by atoms with Crippen LogP contribution in [-0.4, -0.2) is 11.9 Å². The second-order valence-electron chi connectivity index (χ2n) is 2.69. The van der Waals surface area contributed by atoms with Crippen molar-refractivity contribution in [2.75, 3.05) is 0 Å². The van der Waals surface area contributed by atoms with Crippen LogP contribution in [-0.2, 0) is 14.3 Å². The van der Waals surface area contributed by atoms with Gasteiger partial charge in [0.15, 0.2) is 11.7 Å². The van der Waals surface area contributed by atoms with E-state index in [1.54, 1.807) is 5.94 Å². The fourth-order valence-corrected chi connectivity index (χ4v) is 0.847. The lowest BCUT2D eigenvalue weighted by Crippen LogP contribution is -1.99. The molecule has 0 radical (unpaired) electrons. The summed E-state index contributed by atoms with van der Waals surface area (Å²) < 4.78 is 4.60. The summed E-state index contributed by atoms with van der Waals surface area (Å²) >= 11 is 0. The minimum absolute atomic E-state index is 0.107. The molecule has 0 bridgehead atoms. The highest BCUT2D eigenvalue weighted by Crippen LogP contribution is 2.25. The number of hydrogen-bond donors (Lipinski definition) is 0. The molecule has 0 aliphatic heterocycles. The summed E-state index contributed by atoms with van der Waals surface area (Å²) in [5.74, 6) is 1.26. The minimum Gasteiger partial charge on any atom is -0.419 e. The van der Waals surface area contributed by atoms with E-state index in [9.17, 15) is 9.59 Å². The summed E-state index contributed by atoms with van der Waals surface area (Å²) in [7, 11) is 0. The molecule has 3 nitrogen and oxygen atoms in total. The van der Waals surface area contributed by atoms with Crippen LogP contribution in [0, 0.1) is 0 Å². The Kier molecular flexibility index (Phi) is 2.83. The van der Waals surface area contributed by atoms with Crippen molar-refractivity contribution >= 4 is 11.9 Å². The van der Waals surface area contributed by atoms with Gasteiger partial charge in [0.2, 0.25) is 0 Å². The summed E-state index contributed by atoms with van der Waals surface area (Å²) in [5.41, 5.74) is 1.31. The fraction of sp³-hybridized carbons (Fsp3) is 0.444. The predicted octanol–water partition coefficient (Wildman–Crippen LogP) is 1.38. The number of rotatable bonds is 4. The zero-order valence-corrected chi connectivity index (χ0v) is 6.92. The third kappa shape index (κ3) is 3.17. The zero-order valence-electron chi connectivity index (χ0n) is 6.92. The van der Waals surface area contributed by atoms with Gasteiger partial charge in [-0.15, -0.1) is 0 Å². The second kappa shape index (κ2) is 3.88. The van der Waals surface area contributed by atoms with Crippen molar-refractivity contribution in [1.29, 1.82) is 0 Å². The molecule has 1 aliphatic rings. The monoisotopic (exact) mass is 166 g/mol. The Bertz CT molecular complexity index is 269. The van der Waals surface area contributed by atoms with Crippen LogP contribution < -0.4 is 0 Å². The van der Waals surface area contributed by atoms with Gasteiger partial charge in [0.1, 0.15) is 0 Å². The lowest BCUT2D eigenvalue weighted by atomic mass is 10.2. The summed E-state index contributed by atoms with van der Waals surface area (Å²) in [6.07, 6.45) is 4.40. The molecule has 1 aliphatic carbocycles. The number of allylic oxidation sites excluding steroid dienone is 3. The molecule has 0 N–H and O–H groups in total. The molecule has 0 unspecified atom stereocenters. The smallest absolute Gasteiger partial charge is 0.308 e. The molecule has 0 amide bonds. The molecule has 12 heavy (non-hydrogen) atoms. The predicted molar refractivity (Wildman–Crippen MR) is 42.9 cm³/mol. The van der Waals surface area contributed by atoms with Gasteiger partial charge >= 0.3 is 5.97 Å². The largest absolute Gasteiger partial charge is 0.419 e. The van der Waals surface area contributed by atoms with Crippen LogP contribution in [0.5, 0.6) is 0 Å². The van der Waals surface area contributed by atoms with Crippen LogP contribution in [0.25, 0.3) is 0 Å². The van der Waals surface area contributed by atoms with Gasteiger partial charge in [-0.3, -0.25) is 4.79 Å². The van der Waals surface area contributed by atoms with E-state index < -0.39 is 5.97 Å². The minimum atomic E-state index is -0.460. The van der Waals surface area contributed by atoms with Gasteiger partial charge in [-0.2, -0.15) is 0 Å². The molecule has 0 saturated heterocycles. The van der Waals surface area contributed by atoms with Crippen molar-refractivity contribution in [2.45, 2.75) is 26.2 Å². The Morgan fingerprint density at radius 3 is 2.83 bits per heavy atom. The van der Waals surface area contributed by atoms with Crippen LogP contribution in [0.15, 0.2) is 17.4 Å². The van der Waals surface area contributed by atoms with Crippen molar-refractivity contribution in [1.82, 2.24) is 0 Å². The summed E-state index contributed by atoms with van der Waals surface area (Å²) in [6, 6.07) is 0. The van der Waals surface area contributed by atoms with E-state index >= 15 is 0 Å². The molecule has 0 fully saturated rings. The lowest BCUT2D eigenvalue weighted by molar-refractivity contribution is -0.136. The first-order valence-electron chi connectivity index (χ1n) is 3.82. The van der Waals surface area contributed by atoms with Crippen LogP contribution in [0.2, 0.25) is 0 Å². The van der Waals surface area contributed by atoms with Gasteiger partial charge < -0.3 is 4.74 Å². The maximum atomic E-state index is 10.4. The maximum Gasteiger partial charge on any atom is 0.308 e. The molecule has 0 aromatic heterocycles. The number of hydrogen-bond acceptors (Lipinski definition) is 3. The Morgan fingerprint density at radius 1 is 1.75 bits per heavy atom. The molecule has 0 heterocycles. The molecule has 0 aromatic carbocycles. The Labute approximate surface area is 70.7 Å². The number of carbonyl (C=O) groups is 1. The van der Waals surface area contributed by atoms with Crippen LogP contribution >= 0.6 is 0 Å². The van der Waals surface area contributed by atoms with Crippen LogP contribution in [0.3, 0.4) is 0 Å². The highest BCUT2D eigenvalue weighted by atomic mass is 16.5. The molecule has 0 spiro atoms.